The molecule has 1 atom stereocenters. The molecule has 2 aliphatic heterocycles. The molecule has 11 heteroatoms. The maximum atomic E-state index is 13.2. The van der Waals surface area contributed by atoms with E-state index in [9.17, 15) is 19.5 Å². The largest absolute Gasteiger partial charge is 0.489 e. The van der Waals surface area contributed by atoms with Gasteiger partial charge in [-0.15, -0.1) is 0 Å². The van der Waals surface area contributed by atoms with Gasteiger partial charge in [0.2, 0.25) is 0 Å². The number of likely N-dealkylation sites (N-methyl/N-ethyl adjacent to an activating group) is 1. The smallest absolute Gasteiger partial charge is 0.407 e. The molecule has 0 unspecified atom stereocenters. The molecule has 1 aromatic heterocycles. The van der Waals surface area contributed by atoms with Crippen molar-refractivity contribution >= 4 is 23.6 Å². The van der Waals surface area contributed by atoms with Crippen LogP contribution >= 0.6 is 0 Å². The van der Waals surface area contributed by atoms with E-state index in [2.05, 4.69) is 22.1 Å². The SMILES string of the molecule is CN1C(=O)[C@@H](NC(=O)c2cc(Oc3ccccc3)ccn2)COc2ccc(C#CC3(O)CN(C(=O)O)C3)cc21. The summed E-state index contributed by atoms with van der Waals surface area (Å²) in [7, 11) is 1.56. The average molecular weight is 529 g/mol. The number of β-amino-alcohol motifs (C(OH)–C–C–N with tert-alkyl or cyclic N) is 1. The highest BCUT2D eigenvalue weighted by molar-refractivity contribution is 6.03. The lowest BCUT2D eigenvalue weighted by Crippen LogP contribution is -2.62. The molecule has 11 nitrogen and oxygen atoms in total. The molecule has 39 heavy (non-hydrogen) atoms. The zero-order valence-corrected chi connectivity index (χ0v) is 20.8. The van der Waals surface area contributed by atoms with Crippen LogP contribution in [0, 0.1) is 11.8 Å². The second-order valence-corrected chi connectivity index (χ2v) is 9.13. The van der Waals surface area contributed by atoms with E-state index >= 15 is 0 Å². The fraction of sp³-hybridized carbons (Fsp3) is 0.214. The number of aliphatic hydroxyl groups is 1. The van der Waals surface area contributed by atoms with Gasteiger partial charge < -0.3 is 34.8 Å². The minimum atomic E-state index is -1.42. The molecule has 0 radical (unpaired) electrons. The monoisotopic (exact) mass is 528 g/mol. The highest BCUT2D eigenvalue weighted by Crippen LogP contribution is 2.32. The van der Waals surface area contributed by atoms with Crippen LogP contribution in [0.2, 0.25) is 0 Å². The van der Waals surface area contributed by atoms with Crippen molar-refractivity contribution in [3.05, 3.63) is 78.1 Å². The van der Waals surface area contributed by atoms with Gasteiger partial charge in [-0.1, -0.05) is 30.0 Å². The number of rotatable bonds is 4. The molecular formula is C28H24N4O7. The average Bonchev–Trinajstić information content (AvgIpc) is 3.03. The summed E-state index contributed by atoms with van der Waals surface area (Å²) in [6.45, 7) is -0.295. The normalized spacial score (nSPS) is 17.4. The van der Waals surface area contributed by atoms with Crippen molar-refractivity contribution in [1.29, 1.82) is 0 Å². The number of carbonyl (C=O) groups is 3. The molecule has 1 fully saturated rings. The molecule has 3 amide bonds. The quantitative estimate of drug-likeness (QED) is 0.437. The Labute approximate surface area is 223 Å². The molecule has 1 saturated heterocycles. The Morgan fingerprint density at radius 1 is 1.13 bits per heavy atom. The lowest BCUT2D eigenvalue weighted by molar-refractivity contribution is -0.120. The molecule has 3 aromatic rings. The summed E-state index contributed by atoms with van der Waals surface area (Å²) in [6.07, 6.45) is 0.331. The molecule has 0 spiro atoms. The van der Waals surface area contributed by atoms with E-state index in [1.165, 1.54) is 17.2 Å². The van der Waals surface area contributed by atoms with E-state index in [1.807, 2.05) is 18.2 Å². The number of ether oxygens (including phenoxy) is 2. The number of nitrogens with one attached hydrogen (secondary N) is 1. The highest BCUT2D eigenvalue weighted by atomic mass is 16.5. The van der Waals surface area contributed by atoms with E-state index in [0.29, 0.717) is 28.5 Å². The van der Waals surface area contributed by atoms with Crippen LogP contribution in [-0.2, 0) is 4.79 Å². The molecule has 3 N–H and O–H groups in total. The van der Waals surface area contributed by atoms with E-state index < -0.39 is 29.6 Å². The highest BCUT2D eigenvalue weighted by Gasteiger charge is 2.42. The van der Waals surface area contributed by atoms with Crippen molar-refractivity contribution in [2.75, 3.05) is 31.6 Å². The van der Waals surface area contributed by atoms with Gasteiger partial charge >= 0.3 is 6.09 Å². The van der Waals surface area contributed by atoms with Gasteiger partial charge in [0.1, 0.15) is 35.6 Å². The minimum Gasteiger partial charge on any atom is -0.489 e. The van der Waals surface area contributed by atoms with Gasteiger partial charge in [0.15, 0.2) is 5.60 Å². The summed E-state index contributed by atoms with van der Waals surface area (Å²) < 4.78 is 11.6. The number of carboxylic acid groups (broad SMARTS) is 1. The number of aromatic nitrogens is 1. The first kappa shape index (κ1) is 25.6. The Balaban J connectivity index is 1.27. The second kappa shape index (κ2) is 10.4. The molecule has 5 rings (SSSR count). The Hall–Kier alpha value is -5.08. The third kappa shape index (κ3) is 5.61. The minimum absolute atomic E-state index is 0.0774. The van der Waals surface area contributed by atoms with Crippen LogP contribution in [0.15, 0.2) is 66.9 Å². The number of hydrogen-bond donors (Lipinski definition) is 3. The van der Waals surface area contributed by atoms with Gasteiger partial charge in [0.05, 0.1) is 18.8 Å². The zero-order chi connectivity index (χ0) is 27.6. The number of nitrogens with zero attached hydrogens (tertiary/aromatic N) is 3. The van der Waals surface area contributed by atoms with Crippen LogP contribution in [0.1, 0.15) is 16.1 Å². The van der Waals surface area contributed by atoms with Crippen molar-refractivity contribution in [1.82, 2.24) is 15.2 Å². The molecule has 0 aliphatic carbocycles. The summed E-state index contributed by atoms with van der Waals surface area (Å²) in [5.41, 5.74) is -0.404. The molecule has 198 valence electrons. The van der Waals surface area contributed by atoms with Crippen LogP contribution in [0.3, 0.4) is 0 Å². The molecule has 3 heterocycles. The summed E-state index contributed by atoms with van der Waals surface area (Å²) in [5, 5.41) is 22.0. The summed E-state index contributed by atoms with van der Waals surface area (Å²) in [5.74, 6) is 6.02. The van der Waals surface area contributed by atoms with E-state index in [1.54, 1.807) is 43.4 Å². The van der Waals surface area contributed by atoms with E-state index in [4.69, 9.17) is 14.6 Å². The predicted molar refractivity (Wildman–Crippen MR) is 139 cm³/mol. The van der Waals surface area contributed by atoms with Crippen molar-refractivity contribution < 1.29 is 34.1 Å². The fourth-order valence-electron chi connectivity index (χ4n) is 4.12. The van der Waals surface area contributed by atoms with Gasteiger partial charge in [-0.2, -0.15) is 0 Å². The zero-order valence-electron chi connectivity index (χ0n) is 20.8. The van der Waals surface area contributed by atoms with Crippen molar-refractivity contribution in [2.45, 2.75) is 11.6 Å². The van der Waals surface area contributed by atoms with Gasteiger partial charge in [0, 0.05) is 24.9 Å². The topological polar surface area (TPSA) is 142 Å². The molecule has 2 aliphatic rings. The summed E-state index contributed by atoms with van der Waals surface area (Å²) in [4.78, 5) is 43.6. The predicted octanol–water partition coefficient (Wildman–Crippen LogP) is 2.10. The number of anilines is 1. The summed E-state index contributed by atoms with van der Waals surface area (Å²) in [6, 6.07) is 16.2. The summed E-state index contributed by atoms with van der Waals surface area (Å²) >= 11 is 0. The molecule has 0 bridgehead atoms. The number of benzene rings is 2. The fourth-order valence-corrected chi connectivity index (χ4v) is 4.12. The maximum Gasteiger partial charge on any atom is 0.407 e. The lowest BCUT2D eigenvalue weighted by atomic mass is 9.95. The van der Waals surface area contributed by atoms with Crippen molar-refractivity contribution in [2.24, 2.45) is 0 Å². The lowest BCUT2D eigenvalue weighted by Gasteiger charge is -2.41. The Morgan fingerprint density at radius 3 is 2.64 bits per heavy atom. The molecule has 2 aromatic carbocycles. The van der Waals surface area contributed by atoms with Crippen molar-refractivity contribution in [3.63, 3.8) is 0 Å². The number of pyridine rings is 1. The number of carbonyl (C=O) groups excluding carboxylic acids is 2. The maximum absolute atomic E-state index is 13.2. The first-order chi connectivity index (χ1) is 18.7. The Bertz CT molecular complexity index is 1490. The van der Waals surface area contributed by atoms with Gasteiger partial charge in [-0.3, -0.25) is 14.6 Å². The number of fused-ring (bicyclic) bond motifs is 1. The van der Waals surface area contributed by atoms with Gasteiger partial charge in [-0.05, 0) is 36.4 Å². The number of amides is 3. The number of likely N-dealkylation sites (tertiary alicyclic amines) is 1. The van der Waals surface area contributed by atoms with Gasteiger partial charge in [-0.25, -0.2) is 4.79 Å². The second-order valence-electron chi connectivity index (χ2n) is 9.13. The van der Waals surface area contributed by atoms with Crippen LogP contribution in [0.25, 0.3) is 0 Å². The number of hydrogen-bond acceptors (Lipinski definition) is 7. The Kier molecular flexibility index (Phi) is 6.79. The van der Waals surface area contributed by atoms with E-state index in [0.717, 1.165) is 4.90 Å². The first-order valence-electron chi connectivity index (χ1n) is 12.0. The van der Waals surface area contributed by atoms with Crippen LogP contribution in [-0.4, -0.2) is 76.4 Å². The molecular weight excluding hydrogens is 504 g/mol. The third-order valence-corrected chi connectivity index (χ3v) is 6.22. The van der Waals surface area contributed by atoms with Gasteiger partial charge in [0.25, 0.3) is 11.8 Å². The molecule has 0 saturated carbocycles. The standard InChI is InChI=1S/C28H24N4O7/c1-31-23-13-18(9-11-28(37)16-32(17-28)27(35)36)7-8-24(23)38-15-22(26(31)34)30-25(33)21-14-20(10-12-29-21)39-19-5-3-2-4-6-19/h2-8,10,12-14,22,37H,15-17H2,1H3,(H,30,33)(H,35,36)/t22-/m0/s1. The van der Waals surface area contributed by atoms with Crippen LogP contribution in [0.5, 0.6) is 17.2 Å². The van der Waals surface area contributed by atoms with Crippen LogP contribution < -0.4 is 19.7 Å². The third-order valence-electron chi connectivity index (χ3n) is 6.22. The van der Waals surface area contributed by atoms with Crippen molar-refractivity contribution in [3.8, 4) is 29.1 Å². The Morgan fingerprint density at radius 2 is 1.90 bits per heavy atom. The van der Waals surface area contributed by atoms with Crippen LogP contribution in [0.4, 0.5) is 10.5 Å². The number of para-hydroxylation sites is 1. The van der Waals surface area contributed by atoms with E-state index in [-0.39, 0.29) is 25.4 Å². The first-order valence-corrected chi connectivity index (χ1v) is 12.0.